The van der Waals surface area contributed by atoms with E-state index in [2.05, 4.69) is 24.9 Å². The van der Waals surface area contributed by atoms with Crippen LogP contribution in [0.2, 0.25) is 0 Å². The van der Waals surface area contributed by atoms with E-state index in [0.29, 0.717) is 33.5 Å². The van der Waals surface area contributed by atoms with Crippen molar-refractivity contribution in [2.45, 2.75) is 0 Å². The van der Waals surface area contributed by atoms with Crippen molar-refractivity contribution in [3.63, 3.8) is 0 Å². The number of nitrogens with one attached hydrogen (secondary N) is 2. The van der Waals surface area contributed by atoms with E-state index in [0.717, 1.165) is 9.13 Å². The smallest absolute Gasteiger partial charge is 0.332 e. The fourth-order valence-corrected chi connectivity index (χ4v) is 4.00. The lowest BCUT2D eigenvalue weighted by Gasteiger charge is -2.02. The third kappa shape index (κ3) is 4.29. The number of hydrogen-bond donors (Lipinski definition) is 2. The highest BCUT2D eigenvalue weighted by atomic mass is 16.2. The van der Waals surface area contributed by atoms with Crippen LogP contribution in [-0.2, 0) is 49.3 Å². The van der Waals surface area contributed by atoms with E-state index in [1.165, 1.54) is 46.8 Å². The number of aromatic nitrogens is 12. The number of aryl methyl sites for hydroxylation is 5. The Bertz CT molecular complexity index is 2280. The van der Waals surface area contributed by atoms with Gasteiger partial charge in [-0.25, -0.2) is 29.3 Å². The first-order chi connectivity index (χ1) is 18.8. The molecule has 0 amide bonds. The molecule has 0 bridgehead atoms. The van der Waals surface area contributed by atoms with Crippen LogP contribution in [0, 0.1) is 0 Å². The summed E-state index contributed by atoms with van der Waals surface area (Å²) in [5.41, 5.74) is 0.144. The molecule has 0 aliphatic carbocycles. The molecule has 18 heteroatoms. The SMILES string of the molecule is Cn1c(=O)c2[nH]cnc2n(C)c1=O.Cn1c(=O)c2c(ncn2C)n(C)c1=O.Cn1cnc2c1c(=O)[nH]c(=O)n2C. The van der Waals surface area contributed by atoms with Gasteiger partial charge in [0.15, 0.2) is 28.0 Å². The summed E-state index contributed by atoms with van der Waals surface area (Å²) in [6.45, 7) is 0. The molecule has 6 aromatic heterocycles. The Kier molecular flexibility index (Phi) is 6.85. The molecule has 0 unspecified atom stereocenters. The van der Waals surface area contributed by atoms with Gasteiger partial charge in [-0.3, -0.25) is 42.2 Å². The molecule has 0 aromatic carbocycles. The Morgan fingerprint density at radius 1 is 0.575 bits per heavy atom. The summed E-state index contributed by atoms with van der Waals surface area (Å²) >= 11 is 0. The molecule has 0 saturated heterocycles. The molecule has 0 radical (unpaired) electrons. The molecule has 0 aliphatic heterocycles. The first kappa shape index (κ1) is 27.5. The maximum atomic E-state index is 11.7. The van der Waals surface area contributed by atoms with E-state index in [4.69, 9.17) is 0 Å². The van der Waals surface area contributed by atoms with Gasteiger partial charge >= 0.3 is 17.1 Å². The first-order valence-electron chi connectivity index (χ1n) is 11.5. The second-order valence-electron chi connectivity index (χ2n) is 8.89. The number of rotatable bonds is 0. The molecule has 2 N–H and O–H groups in total. The van der Waals surface area contributed by atoms with Crippen molar-refractivity contribution in [3.05, 3.63) is 81.5 Å². The molecular weight excluding hydrogens is 528 g/mol. The fourth-order valence-electron chi connectivity index (χ4n) is 4.00. The van der Waals surface area contributed by atoms with Gasteiger partial charge in [0.2, 0.25) is 0 Å². The highest BCUT2D eigenvalue weighted by molar-refractivity contribution is 5.70. The molecule has 0 fully saturated rings. The van der Waals surface area contributed by atoms with E-state index >= 15 is 0 Å². The number of aromatic amines is 2. The predicted molar refractivity (Wildman–Crippen MR) is 144 cm³/mol. The fraction of sp³-hybridized carbons (Fsp3) is 0.318. The Morgan fingerprint density at radius 2 is 1.07 bits per heavy atom. The number of fused-ring (bicyclic) bond motifs is 3. The summed E-state index contributed by atoms with van der Waals surface area (Å²) < 4.78 is 9.29. The molecule has 210 valence electrons. The lowest BCUT2D eigenvalue weighted by Crippen LogP contribution is -2.37. The van der Waals surface area contributed by atoms with Gasteiger partial charge in [0.05, 0.1) is 19.0 Å². The third-order valence-electron chi connectivity index (χ3n) is 6.32. The van der Waals surface area contributed by atoms with Crippen LogP contribution in [0.4, 0.5) is 0 Å². The topological polar surface area (TPSA) is 207 Å². The van der Waals surface area contributed by atoms with E-state index in [1.54, 1.807) is 44.4 Å². The van der Waals surface area contributed by atoms with Gasteiger partial charge in [-0.1, -0.05) is 0 Å². The van der Waals surface area contributed by atoms with Crippen molar-refractivity contribution in [1.29, 1.82) is 0 Å². The summed E-state index contributed by atoms with van der Waals surface area (Å²) in [4.78, 5) is 85.1. The lowest BCUT2D eigenvalue weighted by molar-refractivity contribution is 0.705. The molecule has 6 rings (SSSR count). The van der Waals surface area contributed by atoms with Crippen molar-refractivity contribution >= 4 is 33.5 Å². The highest BCUT2D eigenvalue weighted by Gasteiger charge is 2.12. The van der Waals surface area contributed by atoms with Gasteiger partial charge in [0.25, 0.3) is 16.7 Å². The largest absolute Gasteiger partial charge is 0.339 e. The Balaban J connectivity index is 0.000000139. The predicted octanol–water partition coefficient (Wildman–Crippen LogP) is -3.11. The quantitative estimate of drug-likeness (QED) is 0.194. The highest BCUT2D eigenvalue weighted by Crippen LogP contribution is 2.02. The Morgan fingerprint density at radius 3 is 1.68 bits per heavy atom. The van der Waals surface area contributed by atoms with Crippen molar-refractivity contribution in [1.82, 2.24) is 56.9 Å². The number of nitrogens with zero attached hydrogens (tertiary/aromatic N) is 10. The first-order valence-corrected chi connectivity index (χ1v) is 11.5. The second-order valence-corrected chi connectivity index (χ2v) is 8.89. The maximum absolute atomic E-state index is 11.7. The van der Waals surface area contributed by atoms with Gasteiger partial charge in [0, 0.05) is 49.3 Å². The third-order valence-corrected chi connectivity index (χ3v) is 6.32. The van der Waals surface area contributed by atoms with Crippen LogP contribution in [0.5, 0.6) is 0 Å². The molecular formula is C22H26N12O6. The molecule has 0 saturated carbocycles. The second kappa shape index (κ2) is 9.97. The monoisotopic (exact) mass is 554 g/mol. The van der Waals surface area contributed by atoms with Gasteiger partial charge in [-0.15, -0.1) is 0 Å². The van der Waals surface area contributed by atoms with Crippen molar-refractivity contribution in [3.8, 4) is 0 Å². The zero-order valence-corrected chi connectivity index (χ0v) is 22.7. The van der Waals surface area contributed by atoms with E-state index < -0.39 is 11.2 Å². The molecule has 6 aromatic rings. The van der Waals surface area contributed by atoms with Crippen molar-refractivity contribution < 1.29 is 0 Å². The molecule has 0 spiro atoms. The molecule has 0 aliphatic rings. The Hall–Kier alpha value is -5.55. The zero-order valence-electron chi connectivity index (χ0n) is 22.7. The average Bonchev–Trinajstić information content (AvgIpc) is 3.66. The van der Waals surface area contributed by atoms with Crippen molar-refractivity contribution in [2.24, 2.45) is 49.3 Å². The van der Waals surface area contributed by atoms with Crippen LogP contribution in [0.25, 0.3) is 33.5 Å². The van der Waals surface area contributed by atoms with Crippen LogP contribution >= 0.6 is 0 Å². The van der Waals surface area contributed by atoms with Crippen LogP contribution in [0.3, 0.4) is 0 Å². The summed E-state index contributed by atoms with van der Waals surface area (Å²) in [6.07, 6.45) is 4.41. The average molecular weight is 555 g/mol. The molecule has 6 heterocycles. The van der Waals surface area contributed by atoms with Gasteiger partial charge in [-0.05, 0) is 0 Å². The summed E-state index contributed by atoms with van der Waals surface area (Å²) in [7, 11) is 11.0. The van der Waals surface area contributed by atoms with E-state index in [-0.39, 0.29) is 22.5 Å². The summed E-state index contributed by atoms with van der Waals surface area (Å²) in [5, 5.41) is 0. The minimum Gasteiger partial charge on any atom is -0.339 e. The van der Waals surface area contributed by atoms with E-state index in [1.807, 2.05) is 0 Å². The molecule has 0 atom stereocenters. The lowest BCUT2D eigenvalue weighted by atomic mass is 10.5. The van der Waals surface area contributed by atoms with Gasteiger partial charge < -0.3 is 14.1 Å². The van der Waals surface area contributed by atoms with Gasteiger partial charge in [0.1, 0.15) is 5.52 Å². The Labute approximate surface area is 221 Å². The normalized spacial score (nSPS) is 11.0. The van der Waals surface area contributed by atoms with Gasteiger partial charge in [-0.2, -0.15) is 0 Å². The standard InChI is InChI=1S/C8H10N4O2.2C7H8N4O2/c1-10-4-9-6-5(10)7(13)12(3)8(14)11(6)2;1-10-3-8-5-4(10)6(12)9-7(13)11(5)2;1-10-5-4(8-3-9-5)6(12)11(2)7(10)13/h4H,1-3H3;3H,1-2H3,(H,9,12,13);3H,1-2H3,(H,8,9). The summed E-state index contributed by atoms with van der Waals surface area (Å²) in [5.74, 6) is 0. The summed E-state index contributed by atoms with van der Waals surface area (Å²) in [6, 6.07) is 0. The minimum atomic E-state index is -0.448. The molecule has 40 heavy (non-hydrogen) atoms. The van der Waals surface area contributed by atoms with Crippen LogP contribution in [0.1, 0.15) is 0 Å². The van der Waals surface area contributed by atoms with Crippen LogP contribution in [-0.4, -0.2) is 56.9 Å². The number of hydrogen-bond acceptors (Lipinski definition) is 9. The number of imidazole rings is 3. The van der Waals surface area contributed by atoms with E-state index in [9.17, 15) is 28.8 Å². The minimum absolute atomic E-state index is 0.317. The van der Waals surface area contributed by atoms with Crippen LogP contribution < -0.4 is 33.7 Å². The van der Waals surface area contributed by atoms with Crippen LogP contribution in [0.15, 0.2) is 47.7 Å². The maximum Gasteiger partial charge on any atom is 0.332 e. The zero-order chi connectivity index (χ0) is 29.6. The number of H-pyrrole nitrogens is 2. The molecule has 18 nitrogen and oxygen atoms in total. The van der Waals surface area contributed by atoms with Crippen molar-refractivity contribution in [2.75, 3.05) is 0 Å².